The van der Waals surface area contributed by atoms with Gasteiger partial charge in [0.2, 0.25) is 0 Å². The molecule has 2 atom stereocenters. The van der Waals surface area contributed by atoms with Gasteiger partial charge in [-0.2, -0.15) is 0 Å². The Kier molecular flexibility index (Phi) is 5.08. The number of nitrogens with two attached hydrogens (primary N) is 1. The number of pyridine rings is 1. The lowest BCUT2D eigenvalue weighted by atomic mass is 10.2. The van der Waals surface area contributed by atoms with Crippen molar-refractivity contribution in [3.05, 3.63) is 42.0 Å². The summed E-state index contributed by atoms with van der Waals surface area (Å²) in [7, 11) is 0. The molecule has 2 aromatic heterocycles. The highest BCUT2D eigenvalue weighted by atomic mass is 16.5. The Labute approximate surface area is 146 Å². The first-order valence-electron chi connectivity index (χ1n) is 8.23. The van der Waals surface area contributed by atoms with E-state index in [2.05, 4.69) is 39.0 Å². The second kappa shape index (κ2) is 7.43. The number of aromatic nitrogens is 3. The second-order valence-electron chi connectivity index (χ2n) is 6.16. The third-order valence-electron chi connectivity index (χ3n) is 3.95. The summed E-state index contributed by atoms with van der Waals surface area (Å²) in [5.41, 5.74) is 6.68. The summed E-state index contributed by atoms with van der Waals surface area (Å²) < 4.78 is 5.74. The van der Waals surface area contributed by atoms with Crippen LogP contribution in [0.3, 0.4) is 0 Å². The third kappa shape index (κ3) is 4.21. The van der Waals surface area contributed by atoms with Crippen molar-refractivity contribution < 1.29 is 9.53 Å². The molecule has 2 aromatic rings. The fourth-order valence-electron chi connectivity index (χ4n) is 2.86. The predicted octanol–water partition coefficient (Wildman–Crippen LogP) is 0.997. The number of anilines is 2. The molecule has 1 amide bonds. The number of carbonyl (C=O) groups is 1. The first kappa shape index (κ1) is 17.1. The van der Waals surface area contributed by atoms with Gasteiger partial charge >= 0.3 is 0 Å². The highest BCUT2D eigenvalue weighted by Gasteiger charge is 2.23. The van der Waals surface area contributed by atoms with E-state index in [-0.39, 0.29) is 29.6 Å². The molecule has 1 fully saturated rings. The van der Waals surface area contributed by atoms with Gasteiger partial charge in [-0.3, -0.25) is 4.79 Å². The fourth-order valence-corrected chi connectivity index (χ4v) is 2.86. The highest BCUT2D eigenvalue weighted by molar-refractivity contribution is 5.96. The molecule has 0 bridgehead atoms. The molecule has 8 heteroatoms. The molecule has 0 aromatic carbocycles. The minimum atomic E-state index is -0.356. The van der Waals surface area contributed by atoms with E-state index in [9.17, 15) is 4.79 Å². The Bertz CT molecular complexity index is 726. The minimum Gasteiger partial charge on any atom is -0.382 e. The molecule has 0 spiro atoms. The molecule has 1 aliphatic heterocycles. The van der Waals surface area contributed by atoms with E-state index in [0.717, 1.165) is 24.5 Å². The third-order valence-corrected chi connectivity index (χ3v) is 3.95. The van der Waals surface area contributed by atoms with E-state index in [1.165, 1.54) is 12.4 Å². The van der Waals surface area contributed by atoms with Crippen LogP contribution in [0.25, 0.3) is 0 Å². The Balaban J connectivity index is 1.59. The Morgan fingerprint density at radius 3 is 2.60 bits per heavy atom. The molecule has 8 nitrogen and oxygen atoms in total. The summed E-state index contributed by atoms with van der Waals surface area (Å²) in [6.07, 6.45) is 5.01. The van der Waals surface area contributed by atoms with Gasteiger partial charge in [0.05, 0.1) is 12.2 Å². The van der Waals surface area contributed by atoms with Crippen molar-refractivity contribution >= 4 is 17.5 Å². The molecule has 1 saturated heterocycles. The molecule has 132 valence electrons. The molecular formula is C17H22N6O2. The summed E-state index contributed by atoms with van der Waals surface area (Å²) >= 11 is 0. The van der Waals surface area contributed by atoms with E-state index < -0.39 is 0 Å². The molecule has 2 unspecified atom stereocenters. The number of ether oxygens (including phenoxy) is 1. The standard InChI is InChI=1S/C17H22N6O2/c1-11-9-23(10-12(2)25-11)14-4-3-13(7-21-14)8-22-17(24)15-16(18)20-6-5-19-15/h3-7,11-12H,8-10H2,1-2H3,(H2,18,20)(H,22,24). The Morgan fingerprint density at radius 2 is 1.96 bits per heavy atom. The molecule has 0 saturated carbocycles. The molecule has 0 radical (unpaired) electrons. The van der Waals surface area contributed by atoms with Crippen molar-refractivity contribution in [1.29, 1.82) is 0 Å². The van der Waals surface area contributed by atoms with Gasteiger partial charge in [-0.1, -0.05) is 6.07 Å². The highest BCUT2D eigenvalue weighted by Crippen LogP contribution is 2.18. The van der Waals surface area contributed by atoms with Gasteiger partial charge in [-0.05, 0) is 25.5 Å². The van der Waals surface area contributed by atoms with Crippen LogP contribution in [0.4, 0.5) is 11.6 Å². The van der Waals surface area contributed by atoms with Crippen molar-refractivity contribution in [3.8, 4) is 0 Å². The Hall–Kier alpha value is -2.74. The van der Waals surface area contributed by atoms with Crippen molar-refractivity contribution in [2.24, 2.45) is 0 Å². The number of nitrogens with one attached hydrogen (secondary N) is 1. The monoisotopic (exact) mass is 342 g/mol. The summed E-state index contributed by atoms with van der Waals surface area (Å²) in [6, 6.07) is 3.91. The number of nitrogen functional groups attached to an aromatic ring is 1. The summed E-state index contributed by atoms with van der Waals surface area (Å²) in [5.74, 6) is 0.671. The van der Waals surface area contributed by atoms with Gasteiger partial charge in [0.15, 0.2) is 11.5 Å². The van der Waals surface area contributed by atoms with Gasteiger partial charge < -0.3 is 20.7 Å². The summed E-state index contributed by atoms with van der Waals surface area (Å²) in [5, 5.41) is 2.77. The maximum absolute atomic E-state index is 12.1. The smallest absolute Gasteiger partial charge is 0.273 e. The number of rotatable bonds is 4. The zero-order chi connectivity index (χ0) is 17.8. The average Bonchev–Trinajstić information content (AvgIpc) is 2.60. The van der Waals surface area contributed by atoms with Crippen LogP contribution in [0.1, 0.15) is 29.9 Å². The zero-order valence-corrected chi connectivity index (χ0v) is 14.3. The van der Waals surface area contributed by atoms with E-state index in [0.29, 0.717) is 6.54 Å². The fraction of sp³-hybridized carbons (Fsp3) is 0.412. The van der Waals surface area contributed by atoms with E-state index in [4.69, 9.17) is 10.5 Å². The summed E-state index contributed by atoms with van der Waals surface area (Å²) in [4.78, 5) is 26.6. The number of nitrogens with zero attached hydrogens (tertiary/aromatic N) is 4. The molecule has 1 aliphatic rings. The first-order valence-corrected chi connectivity index (χ1v) is 8.23. The van der Waals surface area contributed by atoms with Gasteiger partial charge in [0.1, 0.15) is 5.82 Å². The maximum atomic E-state index is 12.1. The molecule has 3 heterocycles. The Morgan fingerprint density at radius 1 is 1.24 bits per heavy atom. The normalized spacial score (nSPS) is 20.3. The lowest BCUT2D eigenvalue weighted by Crippen LogP contribution is -2.45. The number of morpholine rings is 1. The van der Waals surface area contributed by atoms with Gasteiger partial charge in [0.25, 0.3) is 5.91 Å². The second-order valence-corrected chi connectivity index (χ2v) is 6.16. The quantitative estimate of drug-likeness (QED) is 0.853. The van der Waals surface area contributed by atoms with Crippen LogP contribution in [-0.4, -0.2) is 46.2 Å². The SMILES string of the molecule is CC1CN(c2ccc(CNC(=O)c3nccnc3N)cn2)CC(C)O1. The first-order chi connectivity index (χ1) is 12.0. The van der Waals surface area contributed by atoms with Crippen LogP contribution in [0.15, 0.2) is 30.7 Å². The van der Waals surface area contributed by atoms with Crippen molar-refractivity contribution in [3.63, 3.8) is 0 Å². The van der Waals surface area contributed by atoms with Gasteiger partial charge in [-0.15, -0.1) is 0 Å². The number of amides is 1. The largest absolute Gasteiger partial charge is 0.382 e. The number of hydrogen-bond donors (Lipinski definition) is 2. The number of carbonyl (C=O) groups excluding carboxylic acids is 1. The topological polar surface area (TPSA) is 106 Å². The van der Waals surface area contributed by atoms with Crippen LogP contribution in [-0.2, 0) is 11.3 Å². The van der Waals surface area contributed by atoms with E-state index in [1.54, 1.807) is 6.20 Å². The average molecular weight is 342 g/mol. The van der Waals surface area contributed by atoms with Crippen LogP contribution in [0, 0.1) is 0 Å². The van der Waals surface area contributed by atoms with Crippen LogP contribution >= 0.6 is 0 Å². The van der Waals surface area contributed by atoms with E-state index >= 15 is 0 Å². The molecule has 3 N–H and O–H groups in total. The minimum absolute atomic E-state index is 0.115. The van der Waals surface area contributed by atoms with Crippen LogP contribution in [0.2, 0.25) is 0 Å². The molecular weight excluding hydrogens is 320 g/mol. The lowest BCUT2D eigenvalue weighted by Gasteiger charge is -2.36. The number of hydrogen-bond acceptors (Lipinski definition) is 7. The lowest BCUT2D eigenvalue weighted by molar-refractivity contribution is -0.00546. The van der Waals surface area contributed by atoms with Crippen molar-refractivity contribution in [2.45, 2.75) is 32.6 Å². The van der Waals surface area contributed by atoms with Crippen molar-refractivity contribution in [2.75, 3.05) is 23.7 Å². The van der Waals surface area contributed by atoms with E-state index in [1.807, 2.05) is 12.1 Å². The molecule has 3 rings (SSSR count). The van der Waals surface area contributed by atoms with Gasteiger partial charge in [0, 0.05) is 38.2 Å². The van der Waals surface area contributed by atoms with Gasteiger partial charge in [-0.25, -0.2) is 15.0 Å². The van der Waals surface area contributed by atoms with Crippen LogP contribution < -0.4 is 16.0 Å². The maximum Gasteiger partial charge on any atom is 0.273 e. The predicted molar refractivity (Wildman–Crippen MR) is 94.1 cm³/mol. The summed E-state index contributed by atoms with van der Waals surface area (Å²) in [6.45, 7) is 6.10. The van der Waals surface area contributed by atoms with Crippen LogP contribution in [0.5, 0.6) is 0 Å². The molecule has 25 heavy (non-hydrogen) atoms. The van der Waals surface area contributed by atoms with Crippen molar-refractivity contribution in [1.82, 2.24) is 20.3 Å². The zero-order valence-electron chi connectivity index (χ0n) is 14.3. The molecule has 0 aliphatic carbocycles.